The number of pyridine rings is 2. The summed E-state index contributed by atoms with van der Waals surface area (Å²) in [5.41, 5.74) is 1.15. The molecule has 0 spiro atoms. The van der Waals surface area contributed by atoms with Crippen LogP contribution in [0, 0.1) is 0 Å². The first-order chi connectivity index (χ1) is 16.0. The maximum absolute atomic E-state index is 12.6. The van der Waals surface area contributed by atoms with Gasteiger partial charge in [0.1, 0.15) is 5.82 Å². The normalized spacial score (nSPS) is 17.5. The van der Waals surface area contributed by atoms with Crippen LogP contribution in [0.1, 0.15) is 29.6 Å². The molecule has 172 valence electrons. The molecule has 3 aromatic rings. The Morgan fingerprint density at radius 3 is 2.48 bits per heavy atom. The molecule has 1 aliphatic carbocycles. The van der Waals surface area contributed by atoms with Gasteiger partial charge in [0.15, 0.2) is 0 Å². The molecule has 0 unspecified atom stereocenters. The lowest BCUT2D eigenvalue weighted by Crippen LogP contribution is -2.22. The minimum absolute atomic E-state index is 0.206. The molecule has 0 radical (unpaired) electrons. The topological polar surface area (TPSA) is 111 Å². The first-order valence-corrected chi connectivity index (χ1v) is 11.8. The number of thioether (sulfide) groups is 1. The molecule has 9 nitrogen and oxygen atoms in total. The Hall–Kier alpha value is -3.40. The van der Waals surface area contributed by atoms with Crippen LogP contribution < -0.4 is 16.2 Å². The second kappa shape index (κ2) is 10.0. The Labute approximate surface area is 196 Å². The summed E-state index contributed by atoms with van der Waals surface area (Å²) < 4.78 is 6.15. The molecule has 2 atom stereocenters. The minimum Gasteiger partial charge on any atom is -0.465 e. The number of carbonyl (C=O) groups is 1. The number of methoxy groups -OCH3 is 1. The Morgan fingerprint density at radius 1 is 1.12 bits per heavy atom. The molecule has 33 heavy (non-hydrogen) atoms. The van der Waals surface area contributed by atoms with Crippen LogP contribution in [0.25, 0.3) is 11.1 Å². The van der Waals surface area contributed by atoms with E-state index in [0.717, 1.165) is 30.0 Å². The number of aromatic nitrogens is 4. The van der Waals surface area contributed by atoms with Crippen LogP contribution >= 0.6 is 11.8 Å². The zero-order valence-electron chi connectivity index (χ0n) is 18.7. The number of anilines is 2. The van der Waals surface area contributed by atoms with Gasteiger partial charge < -0.3 is 19.9 Å². The maximum Gasteiger partial charge on any atom is 0.339 e. The molecule has 10 heteroatoms. The van der Waals surface area contributed by atoms with Crippen LogP contribution in [0.2, 0.25) is 0 Å². The summed E-state index contributed by atoms with van der Waals surface area (Å²) in [6.45, 7) is 0. The van der Waals surface area contributed by atoms with Gasteiger partial charge in [-0.15, -0.1) is 11.8 Å². The van der Waals surface area contributed by atoms with E-state index in [1.807, 2.05) is 30.8 Å². The lowest BCUT2D eigenvalue weighted by atomic mass is 10.1. The van der Waals surface area contributed by atoms with Crippen molar-refractivity contribution in [2.75, 3.05) is 24.0 Å². The fourth-order valence-electron chi connectivity index (χ4n) is 3.92. The van der Waals surface area contributed by atoms with Crippen molar-refractivity contribution in [1.82, 2.24) is 19.5 Å². The molecule has 1 saturated carbocycles. The SMILES string of the molecule is COC(=O)c1cc(-c2ccc(N[C@H]3CC[C@H](Nc4ncc(SC)cn4)C3)nc2)c(=O)n(C)c1. The summed E-state index contributed by atoms with van der Waals surface area (Å²) in [5, 5.41) is 6.87. The fraction of sp³-hybridized carbons (Fsp3) is 0.348. The molecule has 3 heterocycles. The number of hydrogen-bond acceptors (Lipinski definition) is 9. The largest absolute Gasteiger partial charge is 0.465 e. The Balaban J connectivity index is 1.40. The van der Waals surface area contributed by atoms with E-state index in [-0.39, 0.29) is 11.6 Å². The van der Waals surface area contributed by atoms with Crippen LogP contribution in [0.15, 0.2) is 52.7 Å². The van der Waals surface area contributed by atoms with E-state index < -0.39 is 5.97 Å². The highest BCUT2D eigenvalue weighted by molar-refractivity contribution is 7.98. The van der Waals surface area contributed by atoms with E-state index in [2.05, 4.69) is 25.6 Å². The molecule has 0 saturated heterocycles. The van der Waals surface area contributed by atoms with Gasteiger partial charge in [0, 0.05) is 59.9 Å². The van der Waals surface area contributed by atoms with Gasteiger partial charge in [0.25, 0.3) is 5.56 Å². The predicted molar refractivity (Wildman–Crippen MR) is 129 cm³/mol. The summed E-state index contributed by atoms with van der Waals surface area (Å²) in [4.78, 5) is 38.7. The molecule has 0 bridgehead atoms. The number of nitrogens with one attached hydrogen (secondary N) is 2. The Bertz CT molecular complexity index is 1180. The number of carbonyl (C=O) groups excluding carboxylic acids is 1. The molecule has 0 aliphatic heterocycles. The molecule has 4 rings (SSSR count). The molecule has 0 amide bonds. The van der Waals surface area contributed by atoms with Gasteiger partial charge in [0.05, 0.1) is 12.7 Å². The molecular weight excluding hydrogens is 440 g/mol. The fourth-order valence-corrected chi connectivity index (χ4v) is 4.23. The molecular formula is C23H26N6O3S. The van der Waals surface area contributed by atoms with Gasteiger partial charge in [0.2, 0.25) is 5.95 Å². The van der Waals surface area contributed by atoms with Crippen molar-refractivity contribution in [1.29, 1.82) is 0 Å². The lowest BCUT2D eigenvalue weighted by molar-refractivity contribution is 0.0599. The second-order valence-corrected chi connectivity index (χ2v) is 8.80. The van der Waals surface area contributed by atoms with Gasteiger partial charge in [-0.3, -0.25) is 4.79 Å². The van der Waals surface area contributed by atoms with Crippen molar-refractivity contribution in [3.8, 4) is 11.1 Å². The van der Waals surface area contributed by atoms with Crippen LogP contribution in [0.5, 0.6) is 0 Å². The third-order valence-electron chi connectivity index (χ3n) is 5.66. The summed E-state index contributed by atoms with van der Waals surface area (Å²) in [7, 11) is 2.92. The van der Waals surface area contributed by atoms with Crippen molar-refractivity contribution < 1.29 is 9.53 Å². The van der Waals surface area contributed by atoms with E-state index in [9.17, 15) is 9.59 Å². The summed E-state index contributed by atoms with van der Waals surface area (Å²) in [5.74, 6) is 0.899. The second-order valence-electron chi connectivity index (χ2n) is 7.92. The number of ether oxygens (including phenoxy) is 1. The highest BCUT2D eigenvalue weighted by atomic mass is 32.2. The van der Waals surface area contributed by atoms with Crippen LogP contribution in [0.3, 0.4) is 0 Å². The first kappa shape index (κ1) is 22.8. The third-order valence-corrected chi connectivity index (χ3v) is 6.34. The van der Waals surface area contributed by atoms with Crippen LogP contribution in [0.4, 0.5) is 11.8 Å². The lowest BCUT2D eigenvalue weighted by Gasteiger charge is -2.15. The first-order valence-electron chi connectivity index (χ1n) is 10.6. The zero-order valence-corrected chi connectivity index (χ0v) is 19.6. The molecule has 1 fully saturated rings. The average molecular weight is 467 g/mol. The van der Waals surface area contributed by atoms with E-state index >= 15 is 0 Å². The maximum atomic E-state index is 12.6. The highest BCUT2D eigenvalue weighted by Crippen LogP contribution is 2.25. The number of hydrogen-bond donors (Lipinski definition) is 2. The van der Waals surface area contributed by atoms with Crippen LogP contribution in [-0.2, 0) is 11.8 Å². The highest BCUT2D eigenvalue weighted by Gasteiger charge is 2.25. The van der Waals surface area contributed by atoms with Gasteiger partial charge in [-0.1, -0.05) is 0 Å². The van der Waals surface area contributed by atoms with Crippen molar-refractivity contribution >= 4 is 29.5 Å². The van der Waals surface area contributed by atoms with E-state index in [0.29, 0.717) is 28.7 Å². The molecule has 0 aromatic carbocycles. The Morgan fingerprint density at radius 2 is 1.85 bits per heavy atom. The van der Waals surface area contributed by atoms with E-state index in [1.54, 1.807) is 31.1 Å². The zero-order chi connectivity index (χ0) is 23.4. The minimum atomic E-state index is -0.493. The Kier molecular flexibility index (Phi) is 6.93. The summed E-state index contributed by atoms with van der Waals surface area (Å²) >= 11 is 1.62. The predicted octanol–water partition coefficient (Wildman–Crippen LogP) is 3.19. The number of nitrogens with zero attached hydrogens (tertiary/aromatic N) is 4. The van der Waals surface area contributed by atoms with Crippen molar-refractivity contribution in [2.24, 2.45) is 7.05 Å². The van der Waals surface area contributed by atoms with Gasteiger partial charge in [-0.2, -0.15) is 0 Å². The van der Waals surface area contributed by atoms with Crippen molar-refractivity contribution in [3.63, 3.8) is 0 Å². The van der Waals surface area contributed by atoms with Crippen molar-refractivity contribution in [2.45, 2.75) is 36.2 Å². The number of aryl methyl sites for hydroxylation is 1. The summed E-state index contributed by atoms with van der Waals surface area (Å²) in [6.07, 6.45) is 11.7. The van der Waals surface area contributed by atoms with Gasteiger partial charge >= 0.3 is 5.97 Å². The quantitative estimate of drug-likeness (QED) is 0.400. The number of rotatable bonds is 7. The standard InChI is InChI=1S/C23H26N6O3S/c1-29-13-15(22(31)32-2)8-19(21(29)30)14-4-7-20(24-10-14)27-16-5-6-17(9-16)28-23-25-11-18(33-3)12-26-23/h4,7-8,10-13,16-17H,5-6,9H2,1-3H3,(H,24,27)(H,25,26,28)/t16-,17-/m0/s1. The smallest absolute Gasteiger partial charge is 0.339 e. The summed E-state index contributed by atoms with van der Waals surface area (Å²) in [6, 6.07) is 5.80. The van der Waals surface area contributed by atoms with Gasteiger partial charge in [-0.25, -0.2) is 19.7 Å². The van der Waals surface area contributed by atoms with E-state index in [4.69, 9.17) is 4.74 Å². The van der Waals surface area contributed by atoms with Gasteiger partial charge in [-0.05, 0) is 43.7 Å². The van der Waals surface area contributed by atoms with Crippen LogP contribution in [-0.4, -0.2) is 50.9 Å². The molecule has 1 aliphatic rings. The monoisotopic (exact) mass is 466 g/mol. The van der Waals surface area contributed by atoms with Crippen molar-refractivity contribution in [3.05, 3.63) is 58.9 Å². The molecule has 2 N–H and O–H groups in total. The average Bonchev–Trinajstić information content (AvgIpc) is 3.27. The number of esters is 1. The van der Waals surface area contributed by atoms with E-state index in [1.165, 1.54) is 17.9 Å². The third kappa shape index (κ3) is 5.33. The molecule has 3 aromatic heterocycles.